The Morgan fingerprint density at radius 3 is 3.00 bits per heavy atom. The zero-order valence-corrected chi connectivity index (χ0v) is 13.8. The van der Waals surface area contributed by atoms with E-state index in [1.54, 1.807) is 11.4 Å². The molecule has 116 valence electrons. The van der Waals surface area contributed by atoms with Crippen molar-refractivity contribution in [2.24, 2.45) is 5.92 Å². The van der Waals surface area contributed by atoms with Gasteiger partial charge in [0.05, 0.1) is 11.6 Å². The molecule has 1 heterocycles. The van der Waals surface area contributed by atoms with Gasteiger partial charge in [-0.25, -0.2) is 4.98 Å². The number of rotatable bonds is 6. The largest absolute Gasteiger partial charge is 0.494 e. The van der Waals surface area contributed by atoms with Crippen LogP contribution in [0.1, 0.15) is 30.3 Å². The first-order valence-electron chi connectivity index (χ1n) is 7.34. The number of hydrogen-bond acceptors (Lipinski definition) is 4. The maximum absolute atomic E-state index is 12.0. The molecule has 1 amide bonds. The van der Waals surface area contributed by atoms with Crippen LogP contribution in [0.2, 0.25) is 5.02 Å². The van der Waals surface area contributed by atoms with E-state index in [4.69, 9.17) is 16.3 Å². The maximum atomic E-state index is 12.0. The Morgan fingerprint density at radius 2 is 2.32 bits per heavy atom. The van der Waals surface area contributed by atoms with Gasteiger partial charge < -0.3 is 10.1 Å². The van der Waals surface area contributed by atoms with Gasteiger partial charge in [0.15, 0.2) is 0 Å². The van der Waals surface area contributed by atoms with Gasteiger partial charge in [-0.1, -0.05) is 11.6 Å². The molecule has 1 saturated carbocycles. The lowest BCUT2D eigenvalue weighted by atomic mass is 10.2. The van der Waals surface area contributed by atoms with E-state index in [2.05, 4.69) is 10.3 Å². The summed E-state index contributed by atoms with van der Waals surface area (Å²) in [5.74, 6) is 1.27. The van der Waals surface area contributed by atoms with Gasteiger partial charge in [-0.05, 0) is 43.9 Å². The number of halogens is 1. The van der Waals surface area contributed by atoms with E-state index in [9.17, 15) is 4.79 Å². The Morgan fingerprint density at radius 1 is 1.50 bits per heavy atom. The number of nitrogens with zero attached hydrogens (tertiary/aromatic N) is 1. The summed E-state index contributed by atoms with van der Waals surface area (Å²) in [5.41, 5.74) is 1.27. The van der Waals surface area contributed by atoms with Gasteiger partial charge in [0, 0.05) is 17.5 Å². The number of thiazole rings is 1. The topological polar surface area (TPSA) is 51.2 Å². The first kappa shape index (κ1) is 15.3. The van der Waals surface area contributed by atoms with Crippen LogP contribution in [0.3, 0.4) is 0 Å². The molecule has 0 bridgehead atoms. The molecular weight excluding hydrogens is 320 g/mol. The van der Waals surface area contributed by atoms with Gasteiger partial charge in [-0.3, -0.25) is 4.79 Å². The molecule has 1 aromatic carbocycles. The summed E-state index contributed by atoms with van der Waals surface area (Å²) in [7, 11) is 0. The predicted octanol–water partition coefficient (Wildman–Crippen LogP) is 4.00. The summed E-state index contributed by atoms with van der Waals surface area (Å²) >= 11 is 7.70. The first-order chi connectivity index (χ1) is 10.7. The molecule has 1 aromatic heterocycles. The minimum Gasteiger partial charge on any atom is -0.494 e. The van der Waals surface area contributed by atoms with Gasteiger partial charge in [0.1, 0.15) is 16.5 Å². The Kier molecular flexibility index (Phi) is 4.64. The number of carbonyl (C=O) groups excluding carboxylic acids is 1. The first-order valence-corrected chi connectivity index (χ1v) is 8.59. The smallest absolute Gasteiger partial charge is 0.270 e. The maximum Gasteiger partial charge on any atom is 0.270 e. The molecule has 0 atom stereocenters. The molecule has 0 aliphatic heterocycles. The monoisotopic (exact) mass is 336 g/mol. The lowest BCUT2D eigenvalue weighted by Crippen LogP contribution is -2.25. The van der Waals surface area contributed by atoms with E-state index in [1.807, 2.05) is 19.1 Å². The number of hydrogen-bond donors (Lipinski definition) is 1. The number of amides is 1. The van der Waals surface area contributed by atoms with Gasteiger partial charge in [0.2, 0.25) is 0 Å². The molecule has 1 aliphatic rings. The van der Waals surface area contributed by atoms with E-state index < -0.39 is 0 Å². The van der Waals surface area contributed by atoms with E-state index in [0.717, 1.165) is 22.9 Å². The van der Waals surface area contributed by atoms with E-state index in [-0.39, 0.29) is 5.91 Å². The average Bonchev–Trinajstić information content (AvgIpc) is 3.21. The van der Waals surface area contributed by atoms with Crippen LogP contribution in [0.25, 0.3) is 10.6 Å². The minimum absolute atomic E-state index is 0.114. The van der Waals surface area contributed by atoms with Crippen molar-refractivity contribution in [2.75, 3.05) is 13.2 Å². The Labute approximate surface area is 138 Å². The highest BCUT2D eigenvalue weighted by atomic mass is 35.5. The third kappa shape index (κ3) is 3.59. The normalized spacial score (nSPS) is 13.9. The second kappa shape index (κ2) is 6.67. The van der Waals surface area contributed by atoms with Crippen LogP contribution >= 0.6 is 22.9 Å². The summed E-state index contributed by atoms with van der Waals surface area (Å²) in [6.07, 6.45) is 2.43. The summed E-state index contributed by atoms with van der Waals surface area (Å²) in [4.78, 5) is 16.4. The molecule has 6 heteroatoms. The zero-order chi connectivity index (χ0) is 15.5. The molecule has 3 rings (SSSR count). The number of carbonyl (C=O) groups is 1. The van der Waals surface area contributed by atoms with E-state index >= 15 is 0 Å². The number of aromatic nitrogens is 1. The summed E-state index contributed by atoms with van der Waals surface area (Å²) in [6.45, 7) is 3.27. The highest BCUT2D eigenvalue weighted by Crippen LogP contribution is 2.33. The summed E-state index contributed by atoms with van der Waals surface area (Å²) < 4.78 is 5.42. The standard InChI is InChI=1S/C16H17ClN2O2S/c1-2-21-11-5-6-12(13(17)7-11)16-19-14(9-22-16)15(20)18-8-10-3-4-10/h5-7,9-10H,2-4,8H2,1H3,(H,18,20). The van der Waals surface area contributed by atoms with Crippen LogP contribution in [0.5, 0.6) is 5.75 Å². The minimum atomic E-state index is -0.114. The molecule has 0 unspecified atom stereocenters. The Bertz CT molecular complexity index is 683. The van der Waals surface area contributed by atoms with Gasteiger partial charge >= 0.3 is 0 Å². The number of nitrogens with one attached hydrogen (secondary N) is 1. The molecule has 2 aromatic rings. The Balaban J connectivity index is 1.73. The molecule has 1 aliphatic carbocycles. The lowest BCUT2D eigenvalue weighted by Gasteiger charge is -2.05. The number of ether oxygens (including phenoxy) is 1. The molecule has 0 spiro atoms. The van der Waals surface area contributed by atoms with Crippen molar-refractivity contribution < 1.29 is 9.53 Å². The molecular formula is C16H17ClN2O2S. The highest BCUT2D eigenvalue weighted by Gasteiger charge is 2.22. The van der Waals surface area contributed by atoms with Crippen molar-refractivity contribution in [1.82, 2.24) is 10.3 Å². The van der Waals surface area contributed by atoms with Crippen LogP contribution in [0.4, 0.5) is 0 Å². The van der Waals surface area contributed by atoms with Gasteiger partial charge in [-0.15, -0.1) is 11.3 Å². The molecule has 4 nitrogen and oxygen atoms in total. The molecule has 0 saturated heterocycles. The SMILES string of the molecule is CCOc1ccc(-c2nc(C(=O)NCC3CC3)cs2)c(Cl)c1. The fraction of sp³-hybridized carbons (Fsp3) is 0.375. The van der Waals surface area contributed by atoms with Gasteiger partial charge in [0.25, 0.3) is 5.91 Å². The number of benzene rings is 1. The van der Waals surface area contributed by atoms with Crippen LogP contribution in [-0.4, -0.2) is 24.0 Å². The predicted molar refractivity (Wildman–Crippen MR) is 88.8 cm³/mol. The van der Waals surface area contributed by atoms with Gasteiger partial charge in [-0.2, -0.15) is 0 Å². The zero-order valence-electron chi connectivity index (χ0n) is 12.3. The Hall–Kier alpha value is -1.59. The van der Waals surface area contributed by atoms with Crippen molar-refractivity contribution in [3.63, 3.8) is 0 Å². The molecule has 0 radical (unpaired) electrons. The van der Waals surface area contributed by atoms with Crippen LogP contribution in [-0.2, 0) is 0 Å². The van der Waals surface area contributed by atoms with Crippen LogP contribution in [0.15, 0.2) is 23.6 Å². The molecule has 1 N–H and O–H groups in total. The fourth-order valence-electron chi connectivity index (χ4n) is 2.08. The highest BCUT2D eigenvalue weighted by molar-refractivity contribution is 7.13. The average molecular weight is 337 g/mol. The fourth-order valence-corrected chi connectivity index (χ4v) is 3.23. The van der Waals surface area contributed by atoms with Crippen LogP contribution in [0, 0.1) is 5.92 Å². The van der Waals surface area contributed by atoms with Crippen molar-refractivity contribution >= 4 is 28.8 Å². The van der Waals surface area contributed by atoms with Crippen LogP contribution < -0.4 is 10.1 Å². The summed E-state index contributed by atoms with van der Waals surface area (Å²) in [6, 6.07) is 5.51. The van der Waals surface area contributed by atoms with Crippen molar-refractivity contribution in [2.45, 2.75) is 19.8 Å². The lowest BCUT2D eigenvalue weighted by molar-refractivity contribution is 0.0947. The van der Waals surface area contributed by atoms with Crippen molar-refractivity contribution in [3.05, 3.63) is 34.3 Å². The van der Waals surface area contributed by atoms with Crippen molar-refractivity contribution in [3.8, 4) is 16.3 Å². The summed E-state index contributed by atoms with van der Waals surface area (Å²) in [5, 5.41) is 6.00. The quantitative estimate of drug-likeness (QED) is 0.867. The van der Waals surface area contributed by atoms with Crippen molar-refractivity contribution in [1.29, 1.82) is 0 Å². The second-order valence-electron chi connectivity index (χ2n) is 5.27. The van der Waals surface area contributed by atoms with E-state index in [1.165, 1.54) is 24.2 Å². The third-order valence-corrected chi connectivity index (χ3v) is 4.66. The molecule has 1 fully saturated rings. The molecule has 22 heavy (non-hydrogen) atoms. The second-order valence-corrected chi connectivity index (χ2v) is 6.53. The van der Waals surface area contributed by atoms with E-state index in [0.29, 0.717) is 23.2 Å². The third-order valence-electron chi connectivity index (χ3n) is 3.47.